The highest BCUT2D eigenvalue weighted by atomic mass is 15.0. The Kier molecular flexibility index (Phi) is 6.47. The van der Waals surface area contributed by atoms with Gasteiger partial charge < -0.3 is 10.6 Å². The fraction of sp³-hybridized carbons (Fsp3) is 0.840. The average molecular weight is 367 g/mol. The van der Waals surface area contributed by atoms with Crippen molar-refractivity contribution < 1.29 is 0 Å². The first-order valence-electron chi connectivity index (χ1n) is 11.7. The van der Waals surface area contributed by atoms with Crippen LogP contribution >= 0.6 is 0 Å². The molecular weight excluding hydrogens is 328 g/mol. The Balaban J connectivity index is 1.18. The van der Waals surface area contributed by atoms with E-state index >= 15 is 0 Å². The van der Waals surface area contributed by atoms with Gasteiger partial charge in [-0.1, -0.05) is 38.5 Å². The lowest BCUT2D eigenvalue weighted by Gasteiger charge is -2.27. The van der Waals surface area contributed by atoms with Crippen LogP contribution in [0.25, 0.3) is 0 Å². The van der Waals surface area contributed by atoms with Crippen LogP contribution in [0.2, 0.25) is 0 Å². The maximum absolute atomic E-state index is 5.91. The first-order chi connectivity index (χ1) is 13.3. The van der Waals surface area contributed by atoms with E-state index in [9.17, 15) is 0 Å². The van der Waals surface area contributed by atoms with Crippen molar-refractivity contribution >= 4 is 0 Å². The zero-order chi connectivity index (χ0) is 18.6. The Morgan fingerprint density at radius 2 is 1.11 bits per heavy atom. The van der Waals surface area contributed by atoms with Crippen molar-refractivity contribution in [3.63, 3.8) is 0 Å². The van der Waals surface area contributed by atoms with E-state index in [1.165, 1.54) is 70.6 Å². The van der Waals surface area contributed by atoms with Crippen LogP contribution in [0.5, 0.6) is 0 Å². The maximum atomic E-state index is 5.91. The number of hydrogen-bond donors (Lipinski definition) is 2. The molecule has 4 aliphatic rings. The molecule has 0 amide bonds. The molecule has 0 aromatic carbocycles. The van der Waals surface area contributed by atoms with Crippen molar-refractivity contribution in [2.24, 2.45) is 35.5 Å². The molecule has 0 aliphatic heterocycles. The molecular formula is C25H38N2. The van der Waals surface area contributed by atoms with Crippen molar-refractivity contribution in [1.29, 1.82) is 0 Å². The molecule has 0 spiro atoms. The van der Waals surface area contributed by atoms with Gasteiger partial charge in [-0.25, -0.2) is 0 Å². The van der Waals surface area contributed by atoms with E-state index in [2.05, 4.69) is 22.5 Å². The van der Waals surface area contributed by atoms with E-state index in [1.54, 1.807) is 0 Å². The summed E-state index contributed by atoms with van der Waals surface area (Å²) in [6.07, 6.45) is 26.7. The molecule has 0 saturated heterocycles. The number of rotatable bonds is 6. The van der Waals surface area contributed by atoms with Crippen molar-refractivity contribution in [1.82, 2.24) is 10.6 Å². The summed E-state index contributed by atoms with van der Waals surface area (Å²) in [5.74, 6) is 10.6. The van der Waals surface area contributed by atoms with E-state index in [4.69, 9.17) is 12.8 Å². The van der Waals surface area contributed by atoms with E-state index in [1.807, 2.05) is 0 Å². The van der Waals surface area contributed by atoms with Gasteiger partial charge in [0.15, 0.2) is 0 Å². The van der Waals surface area contributed by atoms with Gasteiger partial charge in [0.1, 0.15) is 0 Å². The lowest BCUT2D eigenvalue weighted by atomic mass is 9.78. The molecule has 2 nitrogen and oxygen atoms in total. The highest BCUT2D eigenvalue weighted by molar-refractivity contribution is 5.10. The third kappa shape index (κ3) is 4.09. The molecule has 4 fully saturated rings. The van der Waals surface area contributed by atoms with Crippen molar-refractivity contribution in [3.05, 3.63) is 0 Å². The van der Waals surface area contributed by atoms with Crippen LogP contribution in [0, 0.1) is 60.2 Å². The highest BCUT2D eigenvalue weighted by Crippen LogP contribution is 2.46. The van der Waals surface area contributed by atoms with Gasteiger partial charge >= 0.3 is 0 Å². The van der Waals surface area contributed by atoms with Crippen LogP contribution in [0.3, 0.4) is 0 Å². The molecule has 4 rings (SSSR count). The molecule has 0 bridgehead atoms. The summed E-state index contributed by atoms with van der Waals surface area (Å²) >= 11 is 0. The van der Waals surface area contributed by atoms with Gasteiger partial charge in [-0.15, -0.1) is 24.7 Å². The Labute approximate surface area is 167 Å². The zero-order valence-electron chi connectivity index (χ0n) is 17.0. The highest BCUT2D eigenvalue weighted by Gasteiger charge is 2.43. The third-order valence-corrected chi connectivity index (χ3v) is 8.39. The summed E-state index contributed by atoms with van der Waals surface area (Å²) in [5, 5.41) is 7.63. The van der Waals surface area contributed by atoms with Crippen molar-refractivity contribution in [3.8, 4) is 24.7 Å². The van der Waals surface area contributed by atoms with Gasteiger partial charge in [0.2, 0.25) is 0 Å². The Bertz CT molecular complexity index is 520. The molecule has 0 radical (unpaired) electrons. The molecule has 8 atom stereocenters. The monoisotopic (exact) mass is 366 g/mol. The second kappa shape index (κ2) is 9.03. The predicted octanol–water partition coefficient (Wildman–Crippen LogP) is 4.21. The van der Waals surface area contributed by atoms with Crippen LogP contribution < -0.4 is 10.6 Å². The molecule has 4 aliphatic carbocycles. The lowest BCUT2D eigenvalue weighted by Crippen LogP contribution is -2.38. The van der Waals surface area contributed by atoms with Gasteiger partial charge in [0.25, 0.3) is 0 Å². The largest absolute Gasteiger partial charge is 0.313 e. The summed E-state index contributed by atoms with van der Waals surface area (Å²) in [6.45, 7) is 2.16. The second-order valence-corrected chi connectivity index (χ2v) is 9.75. The zero-order valence-corrected chi connectivity index (χ0v) is 17.0. The Morgan fingerprint density at radius 1 is 0.667 bits per heavy atom. The first kappa shape index (κ1) is 19.4. The molecule has 148 valence electrons. The summed E-state index contributed by atoms with van der Waals surface area (Å²) in [4.78, 5) is 0. The average Bonchev–Trinajstić information content (AvgIpc) is 3.24. The molecule has 2 N–H and O–H groups in total. The molecule has 2 heteroatoms. The summed E-state index contributed by atoms with van der Waals surface area (Å²) in [7, 11) is 0. The quantitative estimate of drug-likeness (QED) is 0.543. The van der Waals surface area contributed by atoms with Crippen molar-refractivity contribution in [2.45, 2.75) is 82.7 Å². The number of terminal acetylenes is 2. The molecule has 4 saturated carbocycles. The summed E-state index contributed by atoms with van der Waals surface area (Å²) in [6, 6.07) is 1.10. The van der Waals surface area contributed by atoms with E-state index in [0.717, 1.165) is 36.8 Å². The molecule has 0 aromatic rings. The number of nitrogens with one attached hydrogen (secondary N) is 2. The van der Waals surface area contributed by atoms with Crippen LogP contribution in [0.1, 0.15) is 70.6 Å². The van der Waals surface area contributed by atoms with Gasteiger partial charge in [0.05, 0.1) is 0 Å². The SMILES string of the molecule is C#C[C@H]1[C@@H]2CCCC[C@H]2C[C@@H]1NCCCN[C@@H]1C[C@@H]2CCCC[C@H]2[C@@H]1C#C. The molecule has 0 unspecified atom stereocenters. The normalized spacial score (nSPS) is 43.5. The third-order valence-electron chi connectivity index (χ3n) is 8.39. The minimum atomic E-state index is 0.465. The Hall–Kier alpha value is -0.960. The molecule has 0 heterocycles. The van der Waals surface area contributed by atoms with E-state index < -0.39 is 0 Å². The summed E-state index contributed by atoms with van der Waals surface area (Å²) < 4.78 is 0. The Morgan fingerprint density at radius 3 is 1.56 bits per heavy atom. The minimum Gasteiger partial charge on any atom is -0.313 e. The lowest BCUT2D eigenvalue weighted by molar-refractivity contribution is 0.251. The van der Waals surface area contributed by atoms with Gasteiger partial charge in [-0.2, -0.15) is 0 Å². The van der Waals surface area contributed by atoms with Crippen molar-refractivity contribution in [2.75, 3.05) is 13.1 Å². The van der Waals surface area contributed by atoms with Crippen LogP contribution in [0.4, 0.5) is 0 Å². The maximum Gasteiger partial charge on any atom is 0.0384 e. The van der Waals surface area contributed by atoms with Crippen LogP contribution in [-0.2, 0) is 0 Å². The first-order valence-corrected chi connectivity index (χ1v) is 11.7. The summed E-state index contributed by atoms with van der Waals surface area (Å²) in [5.41, 5.74) is 0. The van der Waals surface area contributed by atoms with Gasteiger partial charge in [-0.05, 0) is 68.9 Å². The smallest absolute Gasteiger partial charge is 0.0384 e. The number of hydrogen-bond acceptors (Lipinski definition) is 2. The number of fused-ring (bicyclic) bond motifs is 2. The van der Waals surface area contributed by atoms with Gasteiger partial charge in [-0.3, -0.25) is 0 Å². The topological polar surface area (TPSA) is 24.1 Å². The van der Waals surface area contributed by atoms with E-state index in [0.29, 0.717) is 23.9 Å². The molecule has 0 aromatic heterocycles. The minimum absolute atomic E-state index is 0.465. The standard InChI is InChI=1S/C25H38N2/c1-3-20-22-12-7-5-10-18(22)16-24(20)26-14-9-15-27-25-17-19-11-6-8-13-23(19)21(25)4-2/h1-2,18-27H,5-17H2/t18-,19-,20-,21-,22+,23+,24-,25+/m0/s1. The fourth-order valence-corrected chi connectivity index (χ4v) is 7.11. The van der Waals surface area contributed by atoms with Gasteiger partial charge in [0, 0.05) is 23.9 Å². The van der Waals surface area contributed by atoms with Crippen LogP contribution in [0.15, 0.2) is 0 Å². The second-order valence-electron chi connectivity index (χ2n) is 9.75. The van der Waals surface area contributed by atoms with Crippen LogP contribution in [-0.4, -0.2) is 25.2 Å². The predicted molar refractivity (Wildman–Crippen MR) is 113 cm³/mol. The van der Waals surface area contributed by atoms with E-state index in [-0.39, 0.29) is 0 Å². The molecule has 27 heavy (non-hydrogen) atoms. The fourth-order valence-electron chi connectivity index (χ4n) is 7.11.